The lowest BCUT2D eigenvalue weighted by molar-refractivity contribution is -0.385. The minimum atomic E-state index is -0.810. The van der Waals surface area contributed by atoms with Crippen LogP contribution >= 0.6 is 0 Å². The molecule has 2 rings (SSSR count). The molecule has 1 aliphatic heterocycles. The van der Waals surface area contributed by atoms with Gasteiger partial charge in [-0.15, -0.1) is 0 Å². The third-order valence-corrected chi connectivity index (χ3v) is 3.59. The van der Waals surface area contributed by atoms with Crippen LogP contribution in [0.3, 0.4) is 0 Å². The molecule has 1 aliphatic rings. The summed E-state index contributed by atoms with van der Waals surface area (Å²) in [5.41, 5.74) is -0.123. The molecule has 0 saturated carbocycles. The summed E-state index contributed by atoms with van der Waals surface area (Å²) < 4.78 is 4.94. The normalized spacial score (nSPS) is 16.6. The van der Waals surface area contributed by atoms with Crippen molar-refractivity contribution < 1.29 is 19.2 Å². The summed E-state index contributed by atoms with van der Waals surface area (Å²) in [7, 11) is 0. The number of hydrogen-bond acceptors (Lipinski definition) is 6. The van der Waals surface area contributed by atoms with Crippen molar-refractivity contribution >= 4 is 23.3 Å². The first kappa shape index (κ1) is 16.7. The van der Waals surface area contributed by atoms with Gasteiger partial charge in [0.05, 0.1) is 23.0 Å². The van der Waals surface area contributed by atoms with Crippen molar-refractivity contribution in [3.05, 3.63) is 33.4 Å². The lowest BCUT2D eigenvalue weighted by Gasteiger charge is -2.34. The maximum absolute atomic E-state index is 12.1. The van der Waals surface area contributed by atoms with E-state index in [2.05, 4.69) is 10.6 Å². The Morgan fingerprint density at radius 2 is 2.04 bits per heavy atom. The number of nitro benzene ring substituents is 1. The van der Waals surface area contributed by atoms with Gasteiger partial charge >= 0.3 is 5.97 Å². The van der Waals surface area contributed by atoms with E-state index in [1.165, 1.54) is 12.1 Å². The monoisotopic (exact) mass is 321 g/mol. The molecule has 8 nitrogen and oxygen atoms in total. The van der Waals surface area contributed by atoms with Gasteiger partial charge in [0.15, 0.2) is 0 Å². The molecule has 1 amide bonds. The Balaban J connectivity index is 2.56. The first-order chi connectivity index (χ1) is 10.7. The molecular formula is C15H19N3O5. The van der Waals surface area contributed by atoms with E-state index in [0.29, 0.717) is 5.69 Å². The number of amides is 1. The lowest BCUT2D eigenvalue weighted by Crippen LogP contribution is -2.53. The molecule has 124 valence electrons. The first-order valence-corrected chi connectivity index (χ1v) is 7.26. The third-order valence-electron chi connectivity index (χ3n) is 3.59. The van der Waals surface area contributed by atoms with Gasteiger partial charge in [0.25, 0.3) is 11.6 Å². The van der Waals surface area contributed by atoms with Crippen LogP contribution in [0.1, 0.15) is 49.5 Å². The molecule has 1 atom stereocenters. The summed E-state index contributed by atoms with van der Waals surface area (Å²) >= 11 is 0. The molecular weight excluding hydrogens is 302 g/mol. The van der Waals surface area contributed by atoms with Gasteiger partial charge in [-0.3, -0.25) is 19.7 Å². The molecule has 1 aromatic carbocycles. The molecule has 2 N–H and O–H groups in total. The van der Waals surface area contributed by atoms with E-state index in [9.17, 15) is 19.7 Å². The molecule has 1 heterocycles. The first-order valence-electron chi connectivity index (χ1n) is 7.26. The predicted octanol–water partition coefficient (Wildman–Crippen LogP) is 2.15. The molecule has 0 bridgehead atoms. The Kier molecular flexibility index (Phi) is 4.26. The zero-order valence-corrected chi connectivity index (χ0v) is 13.4. The Morgan fingerprint density at radius 1 is 1.39 bits per heavy atom. The summed E-state index contributed by atoms with van der Waals surface area (Å²) in [5.74, 6) is -1.76. The fourth-order valence-electron chi connectivity index (χ4n) is 2.51. The second kappa shape index (κ2) is 5.86. The van der Waals surface area contributed by atoms with Crippen LogP contribution in [0.5, 0.6) is 0 Å². The van der Waals surface area contributed by atoms with Gasteiger partial charge < -0.3 is 15.4 Å². The fourth-order valence-corrected chi connectivity index (χ4v) is 2.51. The number of nitrogens with one attached hydrogen (secondary N) is 2. The number of hydrogen-bond donors (Lipinski definition) is 2. The van der Waals surface area contributed by atoms with E-state index < -0.39 is 28.4 Å². The maximum atomic E-state index is 12.1. The van der Waals surface area contributed by atoms with E-state index in [1.54, 1.807) is 27.7 Å². The molecule has 0 aliphatic carbocycles. The standard InChI is InChI=1S/C15H19N3O5/c1-5-23-14(20)8(2)9-6-11-10(7-12(9)18(21)22)13(19)17-15(3,4)16-11/h6-8,16H,5H2,1-4H3,(H,17,19). The quantitative estimate of drug-likeness (QED) is 0.499. The van der Waals surface area contributed by atoms with Gasteiger partial charge in [-0.25, -0.2) is 0 Å². The van der Waals surface area contributed by atoms with E-state index in [4.69, 9.17) is 4.74 Å². The summed E-state index contributed by atoms with van der Waals surface area (Å²) in [6.07, 6.45) is 0. The van der Waals surface area contributed by atoms with Crippen LogP contribution < -0.4 is 10.6 Å². The number of nitro groups is 1. The summed E-state index contributed by atoms with van der Waals surface area (Å²) in [6, 6.07) is 2.67. The van der Waals surface area contributed by atoms with Gasteiger partial charge in [0, 0.05) is 17.3 Å². The van der Waals surface area contributed by atoms with Crippen LogP contribution in [-0.2, 0) is 9.53 Å². The zero-order valence-electron chi connectivity index (χ0n) is 13.4. The number of carbonyl (C=O) groups is 2. The van der Waals surface area contributed by atoms with Crippen molar-refractivity contribution in [2.75, 3.05) is 11.9 Å². The van der Waals surface area contributed by atoms with Crippen LogP contribution in [-0.4, -0.2) is 29.1 Å². The molecule has 23 heavy (non-hydrogen) atoms. The van der Waals surface area contributed by atoms with E-state index in [1.807, 2.05) is 0 Å². The number of carbonyl (C=O) groups excluding carboxylic acids is 2. The highest BCUT2D eigenvalue weighted by Crippen LogP contribution is 2.35. The minimum absolute atomic E-state index is 0.177. The SMILES string of the molecule is CCOC(=O)C(C)c1cc2c(cc1[N+](=O)[O-])C(=O)NC(C)(C)N2. The van der Waals surface area contributed by atoms with Gasteiger partial charge in [0.2, 0.25) is 0 Å². The fraction of sp³-hybridized carbons (Fsp3) is 0.467. The number of benzene rings is 1. The highest BCUT2D eigenvalue weighted by molar-refractivity contribution is 6.03. The van der Waals surface area contributed by atoms with Crippen LogP contribution in [0.15, 0.2) is 12.1 Å². The number of ether oxygens (including phenoxy) is 1. The number of anilines is 1. The molecule has 8 heteroatoms. The van der Waals surface area contributed by atoms with Crippen molar-refractivity contribution in [2.45, 2.75) is 39.3 Å². The number of rotatable bonds is 4. The predicted molar refractivity (Wildman–Crippen MR) is 83.3 cm³/mol. The van der Waals surface area contributed by atoms with Crippen LogP contribution in [0.2, 0.25) is 0 Å². The molecule has 0 aromatic heterocycles. The number of fused-ring (bicyclic) bond motifs is 1. The molecule has 0 radical (unpaired) electrons. The maximum Gasteiger partial charge on any atom is 0.313 e. The van der Waals surface area contributed by atoms with E-state index in [-0.39, 0.29) is 23.4 Å². The Labute approximate surface area is 133 Å². The molecule has 1 unspecified atom stereocenters. The smallest absolute Gasteiger partial charge is 0.313 e. The van der Waals surface area contributed by atoms with Crippen LogP contribution in [0.4, 0.5) is 11.4 Å². The highest BCUT2D eigenvalue weighted by Gasteiger charge is 2.34. The van der Waals surface area contributed by atoms with Crippen molar-refractivity contribution in [1.29, 1.82) is 0 Å². The molecule has 0 fully saturated rings. The minimum Gasteiger partial charge on any atom is -0.466 e. The average molecular weight is 321 g/mol. The Hall–Kier alpha value is -2.64. The lowest BCUT2D eigenvalue weighted by atomic mass is 9.94. The molecule has 0 saturated heterocycles. The highest BCUT2D eigenvalue weighted by atomic mass is 16.6. The van der Waals surface area contributed by atoms with Crippen molar-refractivity contribution in [3.8, 4) is 0 Å². The van der Waals surface area contributed by atoms with E-state index in [0.717, 1.165) is 0 Å². The topological polar surface area (TPSA) is 111 Å². The Bertz CT molecular complexity index is 684. The van der Waals surface area contributed by atoms with Crippen LogP contribution in [0.25, 0.3) is 0 Å². The second-order valence-electron chi connectivity index (χ2n) is 5.89. The Morgan fingerprint density at radius 3 is 2.61 bits per heavy atom. The largest absolute Gasteiger partial charge is 0.466 e. The summed E-state index contributed by atoms with van der Waals surface area (Å²) in [6.45, 7) is 6.93. The van der Waals surface area contributed by atoms with Crippen molar-refractivity contribution in [1.82, 2.24) is 5.32 Å². The van der Waals surface area contributed by atoms with Crippen molar-refractivity contribution in [3.63, 3.8) is 0 Å². The van der Waals surface area contributed by atoms with Crippen molar-refractivity contribution in [2.24, 2.45) is 0 Å². The molecule has 0 spiro atoms. The van der Waals surface area contributed by atoms with Crippen LogP contribution in [0, 0.1) is 10.1 Å². The van der Waals surface area contributed by atoms with Gasteiger partial charge in [-0.05, 0) is 33.8 Å². The van der Waals surface area contributed by atoms with Gasteiger partial charge in [-0.2, -0.15) is 0 Å². The summed E-state index contributed by atoms with van der Waals surface area (Å²) in [4.78, 5) is 34.8. The number of nitrogens with zero attached hydrogens (tertiary/aromatic N) is 1. The molecule has 1 aromatic rings. The average Bonchev–Trinajstić information content (AvgIpc) is 2.44. The third kappa shape index (κ3) is 3.25. The van der Waals surface area contributed by atoms with E-state index >= 15 is 0 Å². The zero-order chi connectivity index (χ0) is 17.4. The van der Waals surface area contributed by atoms with Gasteiger partial charge in [0.1, 0.15) is 5.66 Å². The summed E-state index contributed by atoms with van der Waals surface area (Å²) in [5, 5.41) is 17.1. The number of esters is 1. The second-order valence-corrected chi connectivity index (χ2v) is 5.89. The van der Waals surface area contributed by atoms with Gasteiger partial charge in [-0.1, -0.05) is 0 Å².